The van der Waals surface area contributed by atoms with Crippen LogP contribution in [0.1, 0.15) is 71.1 Å². The van der Waals surface area contributed by atoms with E-state index < -0.39 is 6.67 Å². The van der Waals surface area contributed by atoms with Gasteiger partial charge in [0.1, 0.15) is 6.67 Å². The highest BCUT2D eigenvalue weighted by Gasteiger charge is 1.98. The first kappa shape index (κ1) is 51.4. The number of alkyl halides is 1. The van der Waals surface area contributed by atoms with E-state index in [2.05, 4.69) is 6.92 Å². The van der Waals surface area contributed by atoms with E-state index in [1.165, 1.54) is 57.8 Å². The van der Waals surface area contributed by atoms with Crippen LogP contribution in [0.5, 0.6) is 0 Å². The van der Waals surface area contributed by atoms with E-state index in [4.69, 9.17) is 61.6 Å². The molecule has 0 radical (unpaired) electrons. The van der Waals surface area contributed by atoms with Gasteiger partial charge in [-0.25, -0.2) is 4.39 Å². The molecule has 0 atom stereocenters. The van der Waals surface area contributed by atoms with Gasteiger partial charge in [-0.15, -0.1) is 0 Å². The summed E-state index contributed by atoms with van der Waals surface area (Å²) < 4.78 is 82.6. The zero-order valence-electron chi connectivity index (χ0n) is 32.8. The third-order valence-electron chi connectivity index (χ3n) is 7.33. The molecule has 13 nitrogen and oxygen atoms in total. The van der Waals surface area contributed by atoms with Crippen LogP contribution in [0, 0.1) is 0 Å². The van der Waals surface area contributed by atoms with Crippen LogP contribution in [0.15, 0.2) is 0 Å². The first-order chi connectivity index (χ1) is 25.9. The number of unbranched alkanes of at least 4 members (excludes halogenated alkanes) is 9. The van der Waals surface area contributed by atoms with Gasteiger partial charge in [-0.1, -0.05) is 64.7 Å². The van der Waals surface area contributed by atoms with Crippen LogP contribution in [0.3, 0.4) is 0 Å². The van der Waals surface area contributed by atoms with Gasteiger partial charge < -0.3 is 61.6 Å². The summed E-state index contributed by atoms with van der Waals surface area (Å²) >= 11 is 0. The van der Waals surface area contributed by atoms with Crippen molar-refractivity contribution in [3.8, 4) is 0 Å². The predicted molar refractivity (Wildman–Crippen MR) is 198 cm³/mol. The Morgan fingerprint density at radius 2 is 0.385 bits per heavy atom. The van der Waals surface area contributed by atoms with Crippen LogP contribution in [0.25, 0.3) is 0 Å². The maximum atomic E-state index is 11.8. The second-order valence-corrected chi connectivity index (χ2v) is 11.8. The number of ether oxygens (including phenoxy) is 13. The fourth-order valence-electron chi connectivity index (χ4n) is 4.49. The van der Waals surface area contributed by atoms with Gasteiger partial charge in [-0.05, 0) is 6.42 Å². The smallest absolute Gasteiger partial charge is 0.113 e. The Morgan fingerprint density at radius 3 is 0.596 bits per heavy atom. The zero-order valence-corrected chi connectivity index (χ0v) is 32.8. The molecule has 0 aromatic carbocycles. The molecule has 0 saturated heterocycles. The minimum Gasteiger partial charge on any atom is -0.379 e. The summed E-state index contributed by atoms with van der Waals surface area (Å²) in [6, 6.07) is 0. The molecule has 0 aromatic heterocycles. The summed E-state index contributed by atoms with van der Waals surface area (Å²) in [5, 5.41) is 0. The third kappa shape index (κ3) is 49.4. The molecule has 0 aliphatic rings. The van der Waals surface area contributed by atoms with Crippen molar-refractivity contribution < 1.29 is 66.0 Å². The summed E-state index contributed by atoms with van der Waals surface area (Å²) in [5.74, 6) is 0. The molecule has 0 N–H and O–H groups in total. The summed E-state index contributed by atoms with van der Waals surface area (Å²) in [6.07, 6.45) is 13.4. The minimum absolute atomic E-state index is 0.114. The van der Waals surface area contributed by atoms with Gasteiger partial charge in [-0.2, -0.15) is 0 Å². The van der Waals surface area contributed by atoms with Crippen molar-refractivity contribution >= 4 is 0 Å². The van der Waals surface area contributed by atoms with E-state index in [0.29, 0.717) is 159 Å². The van der Waals surface area contributed by atoms with Crippen molar-refractivity contribution in [1.82, 2.24) is 0 Å². The van der Waals surface area contributed by atoms with E-state index in [0.717, 1.165) is 13.0 Å². The lowest BCUT2D eigenvalue weighted by molar-refractivity contribution is -0.0291. The van der Waals surface area contributed by atoms with Crippen molar-refractivity contribution in [3.05, 3.63) is 0 Å². The Hall–Kier alpha value is -0.590. The first-order valence-corrected chi connectivity index (χ1v) is 20.0. The van der Waals surface area contributed by atoms with Gasteiger partial charge in [0.2, 0.25) is 0 Å². The molecule has 0 unspecified atom stereocenters. The highest BCUT2D eigenvalue weighted by atomic mass is 19.1. The van der Waals surface area contributed by atoms with Crippen LogP contribution >= 0.6 is 0 Å². The van der Waals surface area contributed by atoms with Gasteiger partial charge in [0.25, 0.3) is 0 Å². The average molecular weight is 761 g/mol. The van der Waals surface area contributed by atoms with Crippen LogP contribution in [0.2, 0.25) is 0 Å². The summed E-state index contributed by atoms with van der Waals surface area (Å²) in [4.78, 5) is 0. The molecule has 0 bridgehead atoms. The molecular weight excluding hydrogens is 683 g/mol. The van der Waals surface area contributed by atoms with Crippen molar-refractivity contribution in [2.45, 2.75) is 71.1 Å². The second kappa shape index (κ2) is 50.4. The van der Waals surface area contributed by atoms with Gasteiger partial charge in [-0.3, -0.25) is 0 Å². The number of rotatable bonds is 49. The Kier molecular flexibility index (Phi) is 49.8. The lowest BCUT2D eigenvalue weighted by Gasteiger charge is -2.09. The molecule has 0 saturated carbocycles. The normalized spacial score (nSPS) is 11.7. The van der Waals surface area contributed by atoms with E-state index in [1.807, 2.05) is 0 Å². The molecule has 0 amide bonds. The SMILES string of the molecule is CCCCCCCCCCCCOCCOCCOCCOCCOCCOCCOCCOCCOCCOCCOCCOCCOCCF. The monoisotopic (exact) mass is 761 g/mol. The fourth-order valence-corrected chi connectivity index (χ4v) is 4.49. The molecular formula is C38H77FO13. The van der Waals surface area contributed by atoms with Crippen LogP contribution in [-0.4, -0.2) is 178 Å². The van der Waals surface area contributed by atoms with E-state index in [9.17, 15) is 4.39 Å². The Morgan fingerprint density at radius 1 is 0.212 bits per heavy atom. The molecule has 0 rings (SSSR count). The van der Waals surface area contributed by atoms with Crippen molar-refractivity contribution in [2.75, 3.05) is 178 Å². The topological polar surface area (TPSA) is 120 Å². The van der Waals surface area contributed by atoms with E-state index in [1.54, 1.807) is 0 Å². The lowest BCUT2D eigenvalue weighted by atomic mass is 10.1. The van der Waals surface area contributed by atoms with Gasteiger partial charge in [0.05, 0.1) is 165 Å². The molecule has 0 aliphatic carbocycles. The maximum Gasteiger partial charge on any atom is 0.113 e. The maximum absolute atomic E-state index is 11.8. The molecule has 0 spiro atoms. The number of halogens is 1. The molecule has 52 heavy (non-hydrogen) atoms. The summed E-state index contributed by atoms with van der Waals surface area (Å²) in [7, 11) is 0. The van der Waals surface area contributed by atoms with Crippen LogP contribution in [0.4, 0.5) is 4.39 Å². The van der Waals surface area contributed by atoms with E-state index in [-0.39, 0.29) is 6.61 Å². The number of hydrogen-bond acceptors (Lipinski definition) is 13. The summed E-state index contributed by atoms with van der Waals surface area (Å²) in [6.45, 7) is 15.0. The van der Waals surface area contributed by atoms with Gasteiger partial charge in [0.15, 0.2) is 0 Å². The quantitative estimate of drug-likeness (QED) is 0.0767. The fraction of sp³-hybridized carbons (Fsp3) is 1.00. The second-order valence-electron chi connectivity index (χ2n) is 11.8. The predicted octanol–water partition coefficient (Wildman–Crippen LogP) is 5.09. The molecule has 0 heterocycles. The Labute approximate surface area is 315 Å². The van der Waals surface area contributed by atoms with Crippen LogP contribution < -0.4 is 0 Å². The Bertz CT molecular complexity index is 563. The standard InChI is InChI=1S/C38H77FO13/c1-2-3-4-5-6-7-8-9-10-11-13-40-15-17-42-19-21-44-23-25-46-27-29-48-31-33-50-35-37-52-38-36-51-34-32-49-30-28-47-26-24-45-22-20-43-18-16-41-14-12-39/h2-38H2,1H3. The van der Waals surface area contributed by atoms with Crippen LogP contribution in [-0.2, 0) is 61.6 Å². The first-order valence-electron chi connectivity index (χ1n) is 20.0. The van der Waals surface area contributed by atoms with Crippen molar-refractivity contribution in [3.63, 3.8) is 0 Å². The Balaban J connectivity index is 3.04. The molecule has 0 aromatic rings. The molecule has 0 aliphatic heterocycles. The van der Waals surface area contributed by atoms with Crippen molar-refractivity contribution in [1.29, 1.82) is 0 Å². The summed E-state index contributed by atoms with van der Waals surface area (Å²) in [5.41, 5.74) is 0. The number of hydrogen-bond donors (Lipinski definition) is 0. The van der Waals surface area contributed by atoms with Gasteiger partial charge >= 0.3 is 0 Å². The highest BCUT2D eigenvalue weighted by Crippen LogP contribution is 2.10. The largest absolute Gasteiger partial charge is 0.379 e. The lowest BCUT2D eigenvalue weighted by Crippen LogP contribution is -2.15. The third-order valence-corrected chi connectivity index (χ3v) is 7.33. The average Bonchev–Trinajstić information content (AvgIpc) is 3.16. The molecule has 14 heteroatoms. The zero-order chi connectivity index (χ0) is 37.4. The molecule has 0 fully saturated rings. The van der Waals surface area contributed by atoms with E-state index >= 15 is 0 Å². The minimum atomic E-state index is -0.474. The molecule has 314 valence electrons. The van der Waals surface area contributed by atoms with Gasteiger partial charge in [0, 0.05) is 6.61 Å². The van der Waals surface area contributed by atoms with Crippen molar-refractivity contribution in [2.24, 2.45) is 0 Å². The highest BCUT2D eigenvalue weighted by molar-refractivity contribution is 4.48.